The number of amides is 1. The topological polar surface area (TPSA) is 53.0 Å². The highest BCUT2D eigenvalue weighted by Crippen LogP contribution is 2.32. The second kappa shape index (κ2) is 7.99. The van der Waals surface area contributed by atoms with Gasteiger partial charge in [0.2, 0.25) is 5.91 Å². The van der Waals surface area contributed by atoms with Gasteiger partial charge in [0.1, 0.15) is 5.75 Å². The molecule has 0 saturated carbocycles. The highest BCUT2D eigenvalue weighted by atomic mass is 16.5. The molecule has 2 aliphatic rings. The number of hydrogen-bond acceptors (Lipinski definition) is 4. The van der Waals surface area contributed by atoms with Crippen molar-refractivity contribution in [3.63, 3.8) is 0 Å². The molecule has 24 heavy (non-hydrogen) atoms. The van der Waals surface area contributed by atoms with Crippen molar-refractivity contribution < 1.29 is 14.6 Å². The molecule has 2 saturated heterocycles. The number of ether oxygens (including phenoxy) is 1. The number of hydrogen-bond donors (Lipinski definition) is 1. The largest absolute Gasteiger partial charge is 0.497 e. The van der Waals surface area contributed by atoms with E-state index >= 15 is 0 Å². The summed E-state index contributed by atoms with van der Waals surface area (Å²) in [6, 6.07) is 8.62. The van der Waals surface area contributed by atoms with Gasteiger partial charge in [0, 0.05) is 45.2 Å². The van der Waals surface area contributed by atoms with Gasteiger partial charge in [0.05, 0.1) is 7.11 Å². The number of nitrogens with zero attached hydrogens (tertiary/aromatic N) is 2. The van der Waals surface area contributed by atoms with Gasteiger partial charge < -0.3 is 14.7 Å². The fraction of sp³-hybridized carbons (Fsp3) is 0.632. The molecular formula is C19H28N2O3. The Balaban J connectivity index is 1.61. The van der Waals surface area contributed by atoms with Gasteiger partial charge in [-0.2, -0.15) is 0 Å². The Bertz CT molecular complexity index is 563. The maximum absolute atomic E-state index is 12.2. The quantitative estimate of drug-likeness (QED) is 0.864. The maximum atomic E-state index is 12.2. The zero-order chi connectivity index (χ0) is 16.9. The third kappa shape index (κ3) is 3.90. The number of likely N-dealkylation sites (tertiary alicyclic amines) is 2. The zero-order valence-electron chi connectivity index (χ0n) is 14.5. The summed E-state index contributed by atoms with van der Waals surface area (Å²) in [6.45, 7) is 3.85. The first-order chi connectivity index (χ1) is 11.7. The first-order valence-corrected chi connectivity index (χ1v) is 8.97. The fourth-order valence-electron chi connectivity index (χ4n) is 4.13. The number of carbonyl (C=O) groups is 1. The van der Waals surface area contributed by atoms with E-state index in [1.165, 1.54) is 5.56 Å². The van der Waals surface area contributed by atoms with Crippen molar-refractivity contribution in [1.82, 2.24) is 9.80 Å². The molecule has 0 spiro atoms. The third-order valence-corrected chi connectivity index (χ3v) is 5.33. The molecule has 0 aliphatic carbocycles. The van der Waals surface area contributed by atoms with E-state index in [4.69, 9.17) is 9.84 Å². The van der Waals surface area contributed by atoms with Crippen LogP contribution in [0.2, 0.25) is 0 Å². The Morgan fingerprint density at radius 2 is 2.21 bits per heavy atom. The van der Waals surface area contributed by atoms with Crippen LogP contribution < -0.4 is 4.74 Å². The lowest BCUT2D eigenvalue weighted by Crippen LogP contribution is -2.56. The van der Waals surface area contributed by atoms with E-state index < -0.39 is 0 Å². The fourth-order valence-corrected chi connectivity index (χ4v) is 4.13. The number of piperidine rings is 2. The standard InChI is InChI=1S/C19H28N2O3/c1-24-17-5-2-4-15(12-17)13-20-10-8-18-16(14-20)6-7-19(23)21(18)9-3-11-22/h2,4-5,12,16,18,22H,3,6-11,13-14H2,1H3/t16-,18+/m1/s1. The number of aliphatic hydroxyl groups is 1. The molecule has 0 aromatic heterocycles. The summed E-state index contributed by atoms with van der Waals surface area (Å²) in [6.07, 6.45) is 3.36. The summed E-state index contributed by atoms with van der Waals surface area (Å²) in [7, 11) is 1.70. The van der Waals surface area contributed by atoms with Crippen LogP contribution in [0, 0.1) is 5.92 Å². The van der Waals surface area contributed by atoms with Gasteiger partial charge >= 0.3 is 0 Å². The smallest absolute Gasteiger partial charge is 0.222 e. The van der Waals surface area contributed by atoms with Crippen LogP contribution in [0.15, 0.2) is 24.3 Å². The van der Waals surface area contributed by atoms with Gasteiger partial charge in [-0.3, -0.25) is 9.69 Å². The van der Waals surface area contributed by atoms with Crippen molar-refractivity contribution in [3.8, 4) is 5.75 Å². The number of aliphatic hydroxyl groups excluding tert-OH is 1. The molecule has 2 fully saturated rings. The van der Waals surface area contributed by atoms with Crippen LogP contribution in [-0.2, 0) is 11.3 Å². The number of benzene rings is 1. The molecule has 1 amide bonds. The molecule has 2 heterocycles. The molecule has 3 rings (SSSR count). The van der Waals surface area contributed by atoms with Crippen LogP contribution in [-0.4, -0.2) is 60.2 Å². The van der Waals surface area contributed by atoms with Crippen LogP contribution in [0.3, 0.4) is 0 Å². The van der Waals surface area contributed by atoms with Crippen LogP contribution in [0.25, 0.3) is 0 Å². The van der Waals surface area contributed by atoms with Crippen molar-refractivity contribution in [1.29, 1.82) is 0 Å². The van der Waals surface area contributed by atoms with Gasteiger partial charge in [-0.25, -0.2) is 0 Å². The molecule has 2 atom stereocenters. The number of rotatable bonds is 6. The van der Waals surface area contributed by atoms with Crippen molar-refractivity contribution >= 4 is 5.91 Å². The van der Waals surface area contributed by atoms with E-state index in [-0.39, 0.29) is 12.5 Å². The minimum absolute atomic E-state index is 0.156. The minimum atomic E-state index is 0.156. The van der Waals surface area contributed by atoms with Crippen molar-refractivity contribution in [2.45, 2.75) is 38.3 Å². The molecule has 0 unspecified atom stereocenters. The normalized spacial score (nSPS) is 24.8. The van der Waals surface area contributed by atoms with E-state index in [9.17, 15) is 4.79 Å². The third-order valence-electron chi connectivity index (χ3n) is 5.33. The van der Waals surface area contributed by atoms with Gasteiger partial charge in [-0.1, -0.05) is 12.1 Å². The van der Waals surface area contributed by atoms with Gasteiger partial charge in [-0.15, -0.1) is 0 Å². The van der Waals surface area contributed by atoms with E-state index in [1.807, 2.05) is 17.0 Å². The van der Waals surface area contributed by atoms with E-state index in [1.54, 1.807) is 7.11 Å². The van der Waals surface area contributed by atoms with Gasteiger partial charge in [-0.05, 0) is 42.9 Å². The van der Waals surface area contributed by atoms with Crippen molar-refractivity contribution in [2.24, 2.45) is 5.92 Å². The molecule has 0 radical (unpaired) electrons. The lowest BCUT2D eigenvalue weighted by molar-refractivity contribution is -0.141. The summed E-state index contributed by atoms with van der Waals surface area (Å²) in [5.41, 5.74) is 1.27. The lowest BCUT2D eigenvalue weighted by Gasteiger charge is -2.47. The first-order valence-electron chi connectivity index (χ1n) is 8.97. The van der Waals surface area contributed by atoms with E-state index in [0.29, 0.717) is 31.3 Å². The molecule has 132 valence electrons. The second-order valence-corrected chi connectivity index (χ2v) is 6.91. The molecule has 1 aromatic rings. The lowest BCUT2D eigenvalue weighted by atomic mass is 9.83. The SMILES string of the molecule is COc1cccc(CN2CC[C@H]3[C@H](CCC(=O)N3CCCO)C2)c1. The monoisotopic (exact) mass is 332 g/mol. The Morgan fingerprint density at radius 3 is 3.00 bits per heavy atom. The van der Waals surface area contributed by atoms with Crippen molar-refractivity contribution in [3.05, 3.63) is 29.8 Å². The molecule has 1 N–H and O–H groups in total. The second-order valence-electron chi connectivity index (χ2n) is 6.91. The number of methoxy groups -OCH3 is 1. The molecule has 2 aliphatic heterocycles. The van der Waals surface area contributed by atoms with Crippen LogP contribution in [0.1, 0.15) is 31.2 Å². The van der Waals surface area contributed by atoms with Crippen LogP contribution in [0.4, 0.5) is 0 Å². The minimum Gasteiger partial charge on any atom is -0.497 e. The highest BCUT2D eigenvalue weighted by Gasteiger charge is 2.38. The molecule has 5 heteroatoms. The van der Waals surface area contributed by atoms with Gasteiger partial charge in [0.15, 0.2) is 0 Å². The maximum Gasteiger partial charge on any atom is 0.222 e. The molecule has 0 bridgehead atoms. The summed E-state index contributed by atoms with van der Waals surface area (Å²) in [5, 5.41) is 9.07. The number of carbonyl (C=O) groups excluding carboxylic acids is 1. The summed E-state index contributed by atoms with van der Waals surface area (Å²) < 4.78 is 5.31. The van der Waals surface area contributed by atoms with Crippen molar-refractivity contribution in [2.75, 3.05) is 33.4 Å². The van der Waals surface area contributed by atoms with Gasteiger partial charge in [0.25, 0.3) is 0 Å². The Kier molecular flexibility index (Phi) is 5.74. The Morgan fingerprint density at radius 1 is 1.33 bits per heavy atom. The predicted molar refractivity (Wildman–Crippen MR) is 92.8 cm³/mol. The van der Waals surface area contributed by atoms with E-state index in [0.717, 1.165) is 38.2 Å². The van der Waals surface area contributed by atoms with Crippen LogP contribution >= 0.6 is 0 Å². The summed E-state index contributed by atoms with van der Waals surface area (Å²) in [4.78, 5) is 16.7. The molecular weight excluding hydrogens is 304 g/mol. The average molecular weight is 332 g/mol. The summed E-state index contributed by atoms with van der Waals surface area (Å²) >= 11 is 0. The first kappa shape index (κ1) is 17.2. The van der Waals surface area contributed by atoms with E-state index in [2.05, 4.69) is 17.0 Å². The summed E-state index contributed by atoms with van der Waals surface area (Å²) in [5.74, 6) is 1.73. The molecule has 5 nitrogen and oxygen atoms in total. The Labute approximate surface area is 144 Å². The zero-order valence-corrected chi connectivity index (χ0v) is 14.5. The predicted octanol–water partition coefficient (Wildman–Crippen LogP) is 1.89. The highest BCUT2D eigenvalue weighted by molar-refractivity contribution is 5.77. The Hall–Kier alpha value is -1.59. The number of fused-ring (bicyclic) bond motifs is 1. The van der Waals surface area contributed by atoms with Crippen LogP contribution in [0.5, 0.6) is 5.75 Å². The molecule has 1 aromatic carbocycles. The average Bonchev–Trinajstić information content (AvgIpc) is 2.61.